The van der Waals surface area contributed by atoms with Gasteiger partial charge in [0.25, 0.3) is 0 Å². The molecule has 0 spiro atoms. The molecule has 3 rings (SSSR count). The average molecular weight is 272 g/mol. The Labute approximate surface area is 120 Å². The summed E-state index contributed by atoms with van der Waals surface area (Å²) in [4.78, 5) is 4.43. The third-order valence-corrected chi connectivity index (χ3v) is 4.11. The smallest absolute Gasteiger partial charge is 0.0958 e. The normalized spacial score (nSPS) is 19.5. The van der Waals surface area contributed by atoms with Gasteiger partial charge in [0.15, 0.2) is 0 Å². The maximum Gasteiger partial charge on any atom is 0.0958 e. The van der Waals surface area contributed by atoms with E-state index in [0.29, 0.717) is 0 Å². The van der Waals surface area contributed by atoms with Crippen molar-refractivity contribution in [3.05, 3.63) is 30.6 Å². The van der Waals surface area contributed by atoms with Crippen LogP contribution in [0.1, 0.15) is 19.3 Å². The van der Waals surface area contributed by atoms with Crippen molar-refractivity contribution in [1.29, 1.82) is 0 Å². The zero-order valence-electron chi connectivity index (χ0n) is 12.0. The monoisotopic (exact) mass is 272 g/mol. The Balaban J connectivity index is 1.39. The van der Waals surface area contributed by atoms with E-state index in [1.54, 1.807) is 0 Å². The van der Waals surface area contributed by atoms with Gasteiger partial charge in [-0.1, -0.05) is 12.1 Å². The fraction of sp³-hybridized carbons (Fsp3) is 0.562. The molecule has 2 N–H and O–H groups in total. The molecular weight excluding hydrogens is 248 g/mol. The van der Waals surface area contributed by atoms with E-state index in [-0.39, 0.29) is 0 Å². The van der Waals surface area contributed by atoms with Crippen molar-refractivity contribution >= 4 is 11.0 Å². The van der Waals surface area contributed by atoms with Crippen LogP contribution in [0.5, 0.6) is 0 Å². The first-order valence-corrected chi connectivity index (χ1v) is 7.75. The Hall–Kier alpha value is -1.39. The minimum absolute atomic E-state index is 0.817. The van der Waals surface area contributed by atoms with Gasteiger partial charge < -0.3 is 15.2 Å². The number of hydrogen-bond donors (Lipinski definition) is 2. The molecule has 4 nitrogen and oxygen atoms in total. The first kappa shape index (κ1) is 13.6. The van der Waals surface area contributed by atoms with Gasteiger partial charge >= 0.3 is 0 Å². The predicted octanol–water partition coefficient (Wildman–Crippen LogP) is 2.02. The van der Waals surface area contributed by atoms with Crippen molar-refractivity contribution in [2.75, 3.05) is 26.2 Å². The number of nitrogens with one attached hydrogen (secondary N) is 2. The summed E-state index contributed by atoms with van der Waals surface area (Å²) in [5, 5.41) is 7.06. The molecule has 1 aromatic carbocycles. The maximum atomic E-state index is 4.43. The number of piperidine rings is 1. The Morgan fingerprint density at radius 2 is 2.30 bits per heavy atom. The lowest BCUT2D eigenvalue weighted by atomic mass is 10.00. The molecule has 1 fully saturated rings. The molecule has 0 bridgehead atoms. The summed E-state index contributed by atoms with van der Waals surface area (Å²) in [5.41, 5.74) is 2.33. The number of nitrogens with zero attached hydrogens (tertiary/aromatic N) is 2. The van der Waals surface area contributed by atoms with E-state index in [1.165, 1.54) is 31.4 Å². The van der Waals surface area contributed by atoms with Crippen molar-refractivity contribution < 1.29 is 0 Å². The van der Waals surface area contributed by atoms with Gasteiger partial charge in [-0.2, -0.15) is 0 Å². The van der Waals surface area contributed by atoms with Crippen LogP contribution in [0, 0.1) is 5.92 Å². The second-order valence-electron chi connectivity index (χ2n) is 5.70. The van der Waals surface area contributed by atoms with Crippen LogP contribution in [0.2, 0.25) is 0 Å². The zero-order valence-corrected chi connectivity index (χ0v) is 12.0. The van der Waals surface area contributed by atoms with Gasteiger partial charge in [0.2, 0.25) is 0 Å². The number of para-hydroxylation sites is 2. The standard InChI is InChI=1S/C16H24N4/c1-2-7-16-15(6-1)19-13-20(16)10-4-9-18-12-14-5-3-8-17-11-14/h1-2,6-7,13-14,17-18H,3-5,8-12H2. The Morgan fingerprint density at radius 3 is 3.20 bits per heavy atom. The van der Waals surface area contributed by atoms with Gasteiger partial charge in [-0.3, -0.25) is 0 Å². The van der Waals surface area contributed by atoms with Gasteiger partial charge in [0.05, 0.1) is 17.4 Å². The number of fused-ring (bicyclic) bond motifs is 1. The fourth-order valence-electron chi connectivity index (χ4n) is 2.97. The number of aromatic nitrogens is 2. The van der Waals surface area contributed by atoms with Crippen molar-refractivity contribution in [3.8, 4) is 0 Å². The minimum atomic E-state index is 0.817. The molecule has 1 saturated heterocycles. The van der Waals surface area contributed by atoms with E-state index in [2.05, 4.69) is 38.4 Å². The molecule has 108 valence electrons. The van der Waals surface area contributed by atoms with E-state index in [1.807, 2.05) is 12.4 Å². The highest BCUT2D eigenvalue weighted by atomic mass is 15.0. The highest BCUT2D eigenvalue weighted by Gasteiger charge is 2.11. The zero-order chi connectivity index (χ0) is 13.6. The molecule has 1 atom stereocenters. The molecule has 1 unspecified atom stereocenters. The lowest BCUT2D eigenvalue weighted by Gasteiger charge is -2.22. The second kappa shape index (κ2) is 6.86. The first-order valence-electron chi connectivity index (χ1n) is 7.75. The molecule has 1 aromatic heterocycles. The van der Waals surface area contributed by atoms with E-state index in [0.717, 1.165) is 37.5 Å². The van der Waals surface area contributed by atoms with Gasteiger partial charge in [0, 0.05) is 6.54 Å². The van der Waals surface area contributed by atoms with Crippen LogP contribution >= 0.6 is 0 Å². The van der Waals surface area contributed by atoms with Crippen LogP contribution in [0.25, 0.3) is 11.0 Å². The largest absolute Gasteiger partial charge is 0.331 e. The van der Waals surface area contributed by atoms with Crippen LogP contribution in [-0.4, -0.2) is 35.7 Å². The molecule has 0 amide bonds. The summed E-state index contributed by atoms with van der Waals surface area (Å²) in [5.74, 6) is 0.817. The molecule has 1 aliphatic rings. The third-order valence-electron chi connectivity index (χ3n) is 4.11. The lowest BCUT2D eigenvalue weighted by molar-refractivity contribution is 0.359. The molecular formula is C16H24N4. The number of benzene rings is 1. The summed E-state index contributed by atoms with van der Waals surface area (Å²) < 4.78 is 2.25. The Morgan fingerprint density at radius 1 is 1.35 bits per heavy atom. The van der Waals surface area contributed by atoms with E-state index in [4.69, 9.17) is 0 Å². The molecule has 1 aliphatic heterocycles. The molecule has 0 saturated carbocycles. The minimum Gasteiger partial charge on any atom is -0.331 e. The fourth-order valence-corrected chi connectivity index (χ4v) is 2.97. The average Bonchev–Trinajstić information content (AvgIpc) is 2.91. The molecule has 2 aromatic rings. The molecule has 0 radical (unpaired) electrons. The van der Waals surface area contributed by atoms with Gasteiger partial charge in [-0.15, -0.1) is 0 Å². The SMILES string of the molecule is c1ccc2c(c1)ncn2CCCNCC1CCCNC1. The first-order chi connectivity index (χ1) is 9.93. The van der Waals surface area contributed by atoms with Gasteiger partial charge in [0.1, 0.15) is 0 Å². The lowest BCUT2D eigenvalue weighted by Crippen LogP contribution is -2.36. The Kier molecular flexibility index (Phi) is 4.66. The van der Waals surface area contributed by atoms with E-state index < -0.39 is 0 Å². The maximum absolute atomic E-state index is 4.43. The van der Waals surface area contributed by atoms with Crippen molar-refractivity contribution in [2.45, 2.75) is 25.8 Å². The Bertz CT molecular complexity index is 528. The number of imidazole rings is 1. The van der Waals surface area contributed by atoms with Crippen molar-refractivity contribution in [2.24, 2.45) is 5.92 Å². The molecule has 0 aliphatic carbocycles. The molecule has 4 heteroatoms. The van der Waals surface area contributed by atoms with Crippen LogP contribution in [0.15, 0.2) is 30.6 Å². The summed E-state index contributed by atoms with van der Waals surface area (Å²) in [6, 6.07) is 8.33. The highest BCUT2D eigenvalue weighted by molar-refractivity contribution is 5.74. The summed E-state index contributed by atoms with van der Waals surface area (Å²) in [6.45, 7) is 5.65. The van der Waals surface area contributed by atoms with E-state index >= 15 is 0 Å². The van der Waals surface area contributed by atoms with Crippen LogP contribution in [0.4, 0.5) is 0 Å². The highest BCUT2D eigenvalue weighted by Crippen LogP contribution is 2.12. The van der Waals surface area contributed by atoms with E-state index in [9.17, 15) is 0 Å². The topological polar surface area (TPSA) is 41.9 Å². The number of aryl methyl sites for hydroxylation is 1. The summed E-state index contributed by atoms with van der Waals surface area (Å²) in [7, 11) is 0. The predicted molar refractivity (Wildman–Crippen MR) is 82.8 cm³/mol. The van der Waals surface area contributed by atoms with Crippen LogP contribution < -0.4 is 10.6 Å². The van der Waals surface area contributed by atoms with Gasteiger partial charge in [-0.25, -0.2) is 4.98 Å². The van der Waals surface area contributed by atoms with Gasteiger partial charge in [-0.05, 0) is 63.5 Å². The third kappa shape index (κ3) is 3.38. The van der Waals surface area contributed by atoms with Crippen LogP contribution in [0.3, 0.4) is 0 Å². The molecule has 20 heavy (non-hydrogen) atoms. The van der Waals surface area contributed by atoms with Crippen molar-refractivity contribution in [1.82, 2.24) is 20.2 Å². The number of rotatable bonds is 6. The molecule has 2 heterocycles. The summed E-state index contributed by atoms with van der Waals surface area (Å²) in [6.07, 6.45) is 5.80. The number of hydrogen-bond acceptors (Lipinski definition) is 3. The van der Waals surface area contributed by atoms with Crippen molar-refractivity contribution in [3.63, 3.8) is 0 Å². The quantitative estimate of drug-likeness (QED) is 0.791. The summed E-state index contributed by atoms with van der Waals surface area (Å²) >= 11 is 0. The van der Waals surface area contributed by atoms with Crippen LogP contribution in [-0.2, 0) is 6.54 Å². The second-order valence-corrected chi connectivity index (χ2v) is 5.70.